The number of esters is 1. The van der Waals surface area contributed by atoms with E-state index < -0.39 is 23.6 Å². The summed E-state index contributed by atoms with van der Waals surface area (Å²) in [5, 5.41) is 0. The number of carbonyl (C=O) groups is 1. The minimum absolute atomic E-state index is 0.372. The molecule has 1 fully saturated rings. The van der Waals surface area contributed by atoms with E-state index in [4.69, 9.17) is 5.73 Å². The zero-order valence-corrected chi connectivity index (χ0v) is 6.31. The molecule has 1 aliphatic rings. The number of rotatable bonds is 1. The quantitative estimate of drug-likeness (QED) is 0.600. The van der Waals surface area contributed by atoms with Gasteiger partial charge in [0, 0.05) is 0 Å². The Morgan fingerprint density at radius 3 is 2.42 bits per heavy atom. The summed E-state index contributed by atoms with van der Waals surface area (Å²) < 4.78 is 40.0. The van der Waals surface area contributed by atoms with Crippen LogP contribution in [0.15, 0.2) is 0 Å². The third kappa shape index (κ3) is 1.26. The van der Waals surface area contributed by atoms with Gasteiger partial charge in [-0.2, -0.15) is 13.2 Å². The molecule has 0 saturated heterocycles. The summed E-state index contributed by atoms with van der Waals surface area (Å²) in [7, 11) is 1.02. The molecule has 3 nitrogen and oxygen atoms in total. The highest BCUT2D eigenvalue weighted by molar-refractivity contribution is 5.84. The Bertz CT molecular complexity index is 215. The van der Waals surface area contributed by atoms with Crippen LogP contribution in [-0.4, -0.2) is 24.8 Å². The van der Waals surface area contributed by atoms with Gasteiger partial charge in [0.25, 0.3) is 0 Å². The lowest BCUT2D eigenvalue weighted by Crippen LogP contribution is -2.39. The van der Waals surface area contributed by atoms with Crippen molar-refractivity contribution in [3.63, 3.8) is 0 Å². The number of alkyl halides is 3. The van der Waals surface area contributed by atoms with E-state index in [2.05, 4.69) is 4.74 Å². The number of methoxy groups -OCH3 is 1. The zero-order valence-electron chi connectivity index (χ0n) is 6.31. The van der Waals surface area contributed by atoms with Crippen LogP contribution in [0.3, 0.4) is 0 Å². The largest absolute Gasteiger partial charge is 0.468 e. The molecule has 0 aromatic carbocycles. The minimum Gasteiger partial charge on any atom is -0.468 e. The molecule has 12 heavy (non-hydrogen) atoms. The number of halogens is 3. The molecular formula is C6H8F3NO2. The molecule has 0 bridgehead atoms. The van der Waals surface area contributed by atoms with E-state index in [0.29, 0.717) is 0 Å². The molecule has 1 aliphatic carbocycles. The predicted molar refractivity (Wildman–Crippen MR) is 33.1 cm³/mol. The van der Waals surface area contributed by atoms with Crippen molar-refractivity contribution in [1.29, 1.82) is 0 Å². The lowest BCUT2D eigenvalue weighted by molar-refractivity contribution is -0.163. The van der Waals surface area contributed by atoms with Crippen LogP contribution in [0.4, 0.5) is 13.2 Å². The Morgan fingerprint density at radius 2 is 2.17 bits per heavy atom. The third-order valence-corrected chi connectivity index (χ3v) is 1.96. The van der Waals surface area contributed by atoms with Gasteiger partial charge in [0.2, 0.25) is 0 Å². The molecule has 0 heterocycles. The van der Waals surface area contributed by atoms with E-state index in [9.17, 15) is 18.0 Å². The first-order valence-corrected chi connectivity index (χ1v) is 3.26. The Labute approximate surface area is 66.7 Å². The average molecular weight is 183 g/mol. The van der Waals surface area contributed by atoms with Crippen LogP contribution in [0.1, 0.15) is 6.42 Å². The molecule has 2 atom stereocenters. The molecule has 1 unspecified atom stereocenters. The van der Waals surface area contributed by atoms with Crippen molar-refractivity contribution in [2.75, 3.05) is 7.11 Å². The summed E-state index contributed by atoms with van der Waals surface area (Å²) in [5.41, 5.74) is 3.31. The van der Waals surface area contributed by atoms with Crippen LogP contribution >= 0.6 is 0 Å². The van der Waals surface area contributed by atoms with Crippen molar-refractivity contribution < 1.29 is 22.7 Å². The number of hydrogen-bond acceptors (Lipinski definition) is 3. The summed E-state index contributed by atoms with van der Waals surface area (Å²) >= 11 is 0. The van der Waals surface area contributed by atoms with E-state index in [1.54, 1.807) is 0 Å². The van der Waals surface area contributed by atoms with E-state index >= 15 is 0 Å². The van der Waals surface area contributed by atoms with Crippen molar-refractivity contribution in [2.45, 2.75) is 18.1 Å². The molecule has 70 valence electrons. The topological polar surface area (TPSA) is 52.3 Å². The molecule has 6 heteroatoms. The number of hydrogen-bond donors (Lipinski definition) is 1. The fraction of sp³-hybridized carbons (Fsp3) is 0.833. The highest BCUT2D eigenvalue weighted by Gasteiger charge is 2.69. The maximum Gasteiger partial charge on any atom is 0.394 e. The molecule has 0 spiro atoms. The Morgan fingerprint density at radius 1 is 1.67 bits per heavy atom. The lowest BCUT2D eigenvalue weighted by atomic mass is 10.2. The van der Waals surface area contributed by atoms with Crippen molar-refractivity contribution in [1.82, 2.24) is 0 Å². The van der Waals surface area contributed by atoms with Gasteiger partial charge in [-0.1, -0.05) is 0 Å². The summed E-state index contributed by atoms with van der Waals surface area (Å²) in [6.45, 7) is 0. The van der Waals surface area contributed by atoms with Crippen LogP contribution in [0.2, 0.25) is 0 Å². The summed E-state index contributed by atoms with van der Waals surface area (Å²) in [6.07, 6.45) is -4.77. The van der Waals surface area contributed by atoms with Crippen molar-refractivity contribution >= 4 is 5.97 Å². The third-order valence-electron chi connectivity index (χ3n) is 1.96. The van der Waals surface area contributed by atoms with Crippen molar-refractivity contribution in [2.24, 2.45) is 11.7 Å². The van der Waals surface area contributed by atoms with Gasteiger partial charge in [-0.25, -0.2) is 0 Å². The van der Waals surface area contributed by atoms with Gasteiger partial charge < -0.3 is 10.5 Å². The first kappa shape index (κ1) is 9.31. The molecule has 0 aromatic heterocycles. The lowest BCUT2D eigenvalue weighted by Gasteiger charge is -2.10. The van der Waals surface area contributed by atoms with Crippen molar-refractivity contribution in [3.05, 3.63) is 0 Å². The molecule has 2 N–H and O–H groups in total. The van der Waals surface area contributed by atoms with Gasteiger partial charge in [0.15, 0.2) is 0 Å². The number of ether oxygens (including phenoxy) is 1. The predicted octanol–water partition coefficient (Wildman–Crippen LogP) is 0.439. The minimum atomic E-state index is -4.40. The van der Waals surface area contributed by atoms with Gasteiger partial charge in [-0.15, -0.1) is 0 Å². The second-order valence-corrected chi connectivity index (χ2v) is 2.83. The Kier molecular flexibility index (Phi) is 1.82. The molecule has 0 amide bonds. The van der Waals surface area contributed by atoms with Crippen LogP contribution in [0.5, 0.6) is 0 Å². The van der Waals surface area contributed by atoms with Gasteiger partial charge in [-0.05, 0) is 6.42 Å². The fourth-order valence-electron chi connectivity index (χ4n) is 1.10. The SMILES string of the molecule is COC(=O)[C@]1(N)CC1C(F)(F)F. The standard InChI is InChI=1S/C6H8F3NO2/c1-12-4(11)5(10)2-3(5)6(7,8)9/h3H,2,10H2,1H3/t3?,5-/m0/s1. The maximum absolute atomic E-state index is 11.9. The van der Waals surface area contributed by atoms with E-state index in [-0.39, 0.29) is 6.42 Å². The first-order chi connectivity index (χ1) is 5.32. The highest BCUT2D eigenvalue weighted by Crippen LogP contribution is 2.52. The molecular weight excluding hydrogens is 175 g/mol. The van der Waals surface area contributed by atoms with E-state index in [1.807, 2.05) is 0 Å². The van der Waals surface area contributed by atoms with Crippen molar-refractivity contribution in [3.8, 4) is 0 Å². The van der Waals surface area contributed by atoms with Gasteiger partial charge in [-0.3, -0.25) is 4.79 Å². The second kappa shape index (κ2) is 2.35. The van der Waals surface area contributed by atoms with E-state index in [1.165, 1.54) is 0 Å². The Hall–Kier alpha value is -0.780. The molecule has 0 radical (unpaired) electrons. The number of nitrogens with two attached hydrogens (primary N) is 1. The average Bonchev–Trinajstić information content (AvgIpc) is 2.61. The van der Waals surface area contributed by atoms with Crippen LogP contribution in [0.25, 0.3) is 0 Å². The maximum atomic E-state index is 11.9. The first-order valence-electron chi connectivity index (χ1n) is 3.26. The summed E-state index contributed by atoms with van der Waals surface area (Å²) in [6, 6.07) is 0. The fourth-order valence-corrected chi connectivity index (χ4v) is 1.10. The van der Waals surface area contributed by atoms with E-state index in [0.717, 1.165) is 7.11 Å². The summed E-state index contributed by atoms with van der Waals surface area (Å²) in [5.74, 6) is -2.73. The Balaban J connectivity index is 2.66. The summed E-state index contributed by atoms with van der Waals surface area (Å²) in [4.78, 5) is 10.7. The molecule has 0 aliphatic heterocycles. The number of carbonyl (C=O) groups excluding carboxylic acids is 1. The molecule has 1 rings (SSSR count). The van der Waals surface area contributed by atoms with Crippen LogP contribution < -0.4 is 5.73 Å². The molecule has 1 saturated carbocycles. The van der Waals surface area contributed by atoms with Gasteiger partial charge in [0.05, 0.1) is 13.0 Å². The smallest absolute Gasteiger partial charge is 0.394 e. The zero-order chi connectivity index (χ0) is 9.57. The van der Waals surface area contributed by atoms with Gasteiger partial charge in [0.1, 0.15) is 5.54 Å². The second-order valence-electron chi connectivity index (χ2n) is 2.83. The monoisotopic (exact) mass is 183 g/mol. The normalized spacial score (nSPS) is 34.6. The molecule has 0 aromatic rings. The van der Waals surface area contributed by atoms with Crippen LogP contribution in [0, 0.1) is 5.92 Å². The van der Waals surface area contributed by atoms with Crippen LogP contribution in [-0.2, 0) is 9.53 Å². The van der Waals surface area contributed by atoms with Gasteiger partial charge >= 0.3 is 12.1 Å². The highest BCUT2D eigenvalue weighted by atomic mass is 19.4.